The Hall–Kier alpha value is -1.11. The fourth-order valence-electron chi connectivity index (χ4n) is 1.82. The first kappa shape index (κ1) is 7.53. The molecule has 1 nitrogen and oxygen atoms in total. The SMILES string of the molecule is C[C@H]1CCC(=O)c2ccccc21. The second-order valence-corrected chi connectivity index (χ2v) is 3.45. The zero-order chi connectivity index (χ0) is 8.55. The Kier molecular flexibility index (Phi) is 1.72. The van der Waals surface area contributed by atoms with Crippen LogP contribution in [0, 0.1) is 0 Å². The minimum atomic E-state index is 0.309. The zero-order valence-corrected chi connectivity index (χ0v) is 7.21. The Balaban J connectivity index is 2.55. The number of carbonyl (C=O) groups is 1. The smallest absolute Gasteiger partial charge is 0.163 e. The van der Waals surface area contributed by atoms with Crippen molar-refractivity contribution in [3.63, 3.8) is 0 Å². The summed E-state index contributed by atoms with van der Waals surface area (Å²) < 4.78 is 0. The summed E-state index contributed by atoms with van der Waals surface area (Å²) >= 11 is 0. The first-order valence-electron chi connectivity index (χ1n) is 4.41. The molecule has 0 radical (unpaired) electrons. The fraction of sp³-hybridized carbons (Fsp3) is 0.364. The summed E-state index contributed by atoms with van der Waals surface area (Å²) in [4.78, 5) is 11.4. The molecule has 0 spiro atoms. The van der Waals surface area contributed by atoms with Gasteiger partial charge < -0.3 is 0 Å². The second-order valence-electron chi connectivity index (χ2n) is 3.45. The molecule has 0 bridgehead atoms. The van der Waals surface area contributed by atoms with Gasteiger partial charge in [0.25, 0.3) is 0 Å². The zero-order valence-electron chi connectivity index (χ0n) is 7.21. The first-order chi connectivity index (χ1) is 5.79. The molecule has 0 saturated heterocycles. The maximum absolute atomic E-state index is 11.4. The highest BCUT2D eigenvalue weighted by Gasteiger charge is 2.21. The second kappa shape index (κ2) is 2.74. The molecule has 1 atom stereocenters. The third-order valence-corrected chi connectivity index (χ3v) is 2.60. The van der Waals surface area contributed by atoms with Crippen LogP contribution in [-0.4, -0.2) is 5.78 Å². The lowest BCUT2D eigenvalue weighted by Gasteiger charge is -2.20. The van der Waals surface area contributed by atoms with Gasteiger partial charge in [-0.3, -0.25) is 4.79 Å². The standard InChI is InChI=1S/C11H12O/c1-8-6-7-11(12)10-5-3-2-4-9(8)10/h2-5,8H,6-7H2,1H3/t8-/m0/s1. The largest absolute Gasteiger partial charge is 0.294 e. The molecule has 0 amide bonds. The summed E-state index contributed by atoms with van der Waals surface area (Å²) in [7, 11) is 0. The lowest BCUT2D eigenvalue weighted by atomic mass is 9.83. The van der Waals surface area contributed by atoms with E-state index in [1.54, 1.807) is 0 Å². The van der Waals surface area contributed by atoms with Crippen LogP contribution in [0.2, 0.25) is 0 Å². The monoisotopic (exact) mass is 160 g/mol. The van der Waals surface area contributed by atoms with Gasteiger partial charge >= 0.3 is 0 Å². The maximum Gasteiger partial charge on any atom is 0.163 e. The maximum atomic E-state index is 11.4. The molecule has 0 aromatic heterocycles. The minimum absolute atomic E-state index is 0.309. The average molecular weight is 160 g/mol. The lowest BCUT2D eigenvalue weighted by Crippen LogP contribution is -2.13. The van der Waals surface area contributed by atoms with E-state index >= 15 is 0 Å². The van der Waals surface area contributed by atoms with Gasteiger partial charge in [-0.1, -0.05) is 31.2 Å². The third kappa shape index (κ3) is 1.06. The van der Waals surface area contributed by atoms with Crippen molar-refractivity contribution in [3.8, 4) is 0 Å². The molecule has 0 N–H and O–H groups in total. The van der Waals surface area contributed by atoms with E-state index in [9.17, 15) is 4.79 Å². The van der Waals surface area contributed by atoms with Crippen molar-refractivity contribution in [2.75, 3.05) is 0 Å². The molecule has 0 heterocycles. The number of rotatable bonds is 0. The van der Waals surface area contributed by atoms with Gasteiger partial charge in [0.2, 0.25) is 0 Å². The molecule has 0 fully saturated rings. The minimum Gasteiger partial charge on any atom is -0.294 e. The summed E-state index contributed by atoms with van der Waals surface area (Å²) in [5.74, 6) is 0.864. The van der Waals surface area contributed by atoms with Crippen molar-refractivity contribution in [1.29, 1.82) is 0 Å². The van der Waals surface area contributed by atoms with E-state index in [0.717, 1.165) is 18.4 Å². The normalized spacial score (nSPS) is 22.1. The van der Waals surface area contributed by atoms with Gasteiger partial charge in [0.1, 0.15) is 0 Å². The summed E-state index contributed by atoms with van der Waals surface area (Å²) in [6, 6.07) is 7.95. The van der Waals surface area contributed by atoms with Crippen LogP contribution < -0.4 is 0 Å². The summed E-state index contributed by atoms with van der Waals surface area (Å²) in [6.45, 7) is 2.19. The van der Waals surface area contributed by atoms with Crippen molar-refractivity contribution in [2.45, 2.75) is 25.7 Å². The molecule has 62 valence electrons. The number of fused-ring (bicyclic) bond motifs is 1. The van der Waals surface area contributed by atoms with E-state index in [2.05, 4.69) is 13.0 Å². The number of Topliss-reactive ketones (excluding diaryl/α,β-unsaturated/α-hetero) is 1. The van der Waals surface area contributed by atoms with Gasteiger partial charge in [0.15, 0.2) is 5.78 Å². The van der Waals surface area contributed by atoms with E-state index in [-0.39, 0.29) is 0 Å². The van der Waals surface area contributed by atoms with Crippen LogP contribution >= 0.6 is 0 Å². The molecule has 1 aromatic carbocycles. The number of ketones is 1. The molecule has 2 rings (SSSR count). The highest BCUT2D eigenvalue weighted by molar-refractivity contribution is 5.98. The van der Waals surface area contributed by atoms with Crippen LogP contribution in [-0.2, 0) is 0 Å². The van der Waals surface area contributed by atoms with Crippen LogP contribution in [0.25, 0.3) is 0 Å². The topological polar surface area (TPSA) is 17.1 Å². The van der Waals surface area contributed by atoms with Crippen LogP contribution in [0.15, 0.2) is 24.3 Å². The fourth-order valence-corrected chi connectivity index (χ4v) is 1.82. The predicted octanol–water partition coefficient (Wildman–Crippen LogP) is 2.77. The van der Waals surface area contributed by atoms with Crippen molar-refractivity contribution in [3.05, 3.63) is 35.4 Å². The molecular formula is C11H12O. The first-order valence-corrected chi connectivity index (χ1v) is 4.41. The van der Waals surface area contributed by atoms with E-state index in [1.807, 2.05) is 18.2 Å². The van der Waals surface area contributed by atoms with Crippen molar-refractivity contribution in [2.24, 2.45) is 0 Å². The van der Waals surface area contributed by atoms with Gasteiger partial charge in [0.05, 0.1) is 0 Å². The Morgan fingerprint density at radius 3 is 2.83 bits per heavy atom. The van der Waals surface area contributed by atoms with Crippen LogP contribution in [0.3, 0.4) is 0 Å². The van der Waals surface area contributed by atoms with Crippen LogP contribution in [0.5, 0.6) is 0 Å². The van der Waals surface area contributed by atoms with Crippen molar-refractivity contribution >= 4 is 5.78 Å². The number of hydrogen-bond donors (Lipinski definition) is 0. The summed E-state index contributed by atoms with van der Waals surface area (Å²) in [5.41, 5.74) is 2.17. The Morgan fingerprint density at radius 1 is 1.33 bits per heavy atom. The van der Waals surface area contributed by atoms with Crippen LogP contribution in [0.4, 0.5) is 0 Å². The summed E-state index contributed by atoms with van der Waals surface area (Å²) in [5, 5.41) is 0. The Bertz CT molecular complexity index is 315. The Labute approximate surface area is 72.4 Å². The average Bonchev–Trinajstić information content (AvgIpc) is 2.12. The van der Waals surface area contributed by atoms with E-state index in [1.165, 1.54) is 5.56 Å². The van der Waals surface area contributed by atoms with Gasteiger partial charge in [-0.2, -0.15) is 0 Å². The van der Waals surface area contributed by atoms with Crippen molar-refractivity contribution in [1.82, 2.24) is 0 Å². The molecule has 0 aliphatic heterocycles. The van der Waals surface area contributed by atoms with Gasteiger partial charge in [-0.05, 0) is 17.9 Å². The van der Waals surface area contributed by atoms with Gasteiger partial charge in [0, 0.05) is 12.0 Å². The number of benzene rings is 1. The molecule has 1 aliphatic carbocycles. The predicted molar refractivity (Wildman–Crippen MR) is 48.4 cm³/mol. The molecule has 0 saturated carbocycles. The number of hydrogen-bond acceptors (Lipinski definition) is 1. The molecule has 0 unspecified atom stereocenters. The highest BCUT2D eigenvalue weighted by Crippen LogP contribution is 2.30. The highest BCUT2D eigenvalue weighted by atomic mass is 16.1. The Morgan fingerprint density at radius 2 is 2.08 bits per heavy atom. The molecule has 1 aliphatic rings. The number of carbonyl (C=O) groups excluding carboxylic acids is 1. The van der Waals surface area contributed by atoms with Crippen molar-refractivity contribution < 1.29 is 4.79 Å². The van der Waals surface area contributed by atoms with E-state index < -0.39 is 0 Å². The summed E-state index contributed by atoms with van der Waals surface area (Å²) in [6.07, 6.45) is 1.73. The molecular weight excluding hydrogens is 148 g/mol. The van der Waals surface area contributed by atoms with E-state index in [4.69, 9.17) is 0 Å². The molecule has 1 heteroatoms. The van der Waals surface area contributed by atoms with Gasteiger partial charge in [-0.15, -0.1) is 0 Å². The molecule has 12 heavy (non-hydrogen) atoms. The van der Waals surface area contributed by atoms with Gasteiger partial charge in [-0.25, -0.2) is 0 Å². The quantitative estimate of drug-likeness (QED) is 0.570. The van der Waals surface area contributed by atoms with E-state index in [0.29, 0.717) is 11.7 Å². The van der Waals surface area contributed by atoms with Crippen LogP contribution in [0.1, 0.15) is 41.6 Å². The molecule has 1 aromatic rings. The lowest BCUT2D eigenvalue weighted by molar-refractivity contribution is 0.0968. The third-order valence-electron chi connectivity index (χ3n) is 2.60.